The predicted molar refractivity (Wildman–Crippen MR) is 87.5 cm³/mol. The molecular formula is C17H22N4O2. The van der Waals surface area contributed by atoms with E-state index in [1.165, 1.54) is 0 Å². The smallest absolute Gasteiger partial charge is 0.187 e. The number of aromatic nitrogens is 3. The highest BCUT2D eigenvalue weighted by molar-refractivity contribution is 5.48. The Labute approximate surface area is 136 Å². The van der Waals surface area contributed by atoms with E-state index in [4.69, 9.17) is 15.2 Å². The molecule has 1 unspecified atom stereocenters. The number of pyridine rings is 1. The zero-order valence-electron chi connectivity index (χ0n) is 13.7. The van der Waals surface area contributed by atoms with Gasteiger partial charge in [0, 0.05) is 24.4 Å². The maximum atomic E-state index is 6.01. The highest BCUT2D eigenvalue weighted by Gasteiger charge is 2.22. The Balaban J connectivity index is 1.95. The molecule has 0 saturated carbocycles. The lowest BCUT2D eigenvalue weighted by molar-refractivity contribution is 0.108. The molecule has 1 aliphatic heterocycles. The quantitative estimate of drug-likeness (QED) is 0.929. The molecule has 23 heavy (non-hydrogen) atoms. The van der Waals surface area contributed by atoms with E-state index < -0.39 is 0 Å². The number of aryl methyl sites for hydroxylation is 1. The van der Waals surface area contributed by atoms with Crippen LogP contribution in [0, 0.1) is 6.92 Å². The first kappa shape index (κ1) is 15.7. The van der Waals surface area contributed by atoms with Gasteiger partial charge >= 0.3 is 0 Å². The molecule has 6 heteroatoms. The lowest BCUT2D eigenvalue weighted by atomic mass is 10.0. The summed E-state index contributed by atoms with van der Waals surface area (Å²) in [6.07, 6.45) is 5.57. The predicted octanol–water partition coefficient (Wildman–Crippen LogP) is 3.53. The number of rotatable bonds is 4. The van der Waals surface area contributed by atoms with E-state index in [2.05, 4.69) is 28.8 Å². The van der Waals surface area contributed by atoms with Gasteiger partial charge in [-0.25, -0.2) is 9.97 Å². The summed E-state index contributed by atoms with van der Waals surface area (Å²) in [5.41, 5.74) is 7.86. The Bertz CT molecular complexity index is 697. The number of ether oxygens (including phenoxy) is 2. The van der Waals surface area contributed by atoms with Gasteiger partial charge in [0.15, 0.2) is 11.6 Å². The van der Waals surface area contributed by atoms with Crippen molar-refractivity contribution in [2.24, 2.45) is 0 Å². The molecule has 3 heterocycles. The van der Waals surface area contributed by atoms with Crippen LogP contribution < -0.4 is 10.5 Å². The number of hydrogen-bond acceptors (Lipinski definition) is 6. The van der Waals surface area contributed by atoms with E-state index in [-0.39, 0.29) is 12.0 Å². The Morgan fingerprint density at radius 2 is 2.09 bits per heavy atom. The van der Waals surface area contributed by atoms with Crippen molar-refractivity contribution in [1.29, 1.82) is 0 Å². The summed E-state index contributed by atoms with van der Waals surface area (Å²) in [5.74, 6) is 2.43. The molecule has 2 aromatic rings. The lowest BCUT2D eigenvalue weighted by Gasteiger charge is -2.17. The molecule has 0 aromatic carbocycles. The zero-order chi connectivity index (χ0) is 16.4. The standard InChI is InChI=1S/C17H22N4O2/c1-10(2)12-8-20-13(14-5-4-6-22-14)7-15(12)23-16-9-19-11(3)21-17(16)18/h7-10,14H,4-6H2,1-3H3,(H2,18,19,21). The summed E-state index contributed by atoms with van der Waals surface area (Å²) in [7, 11) is 0. The minimum atomic E-state index is 0.0465. The second kappa shape index (κ2) is 6.50. The molecule has 1 aliphatic rings. The monoisotopic (exact) mass is 314 g/mol. The Morgan fingerprint density at radius 3 is 2.74 bits per heavy atom. The summed E-state index contributed by atoms with van der Waals surface area (Å²) >= 11 is 0. The van der Waals surface area contributed by atoms with Crippen molar-refractivity contribution in [2.45, 2.75) is 45.6 Å². The van der Waals surface area contributed by atoms with Gasteiger partial charge < -0.3 is 15.2 Å². The van der Waals surface area contributed by atoms with Crippen LogP contribution >= 0.6 is 0 Å². The maximum Gasteiger partial charge on any atom is 0.187 e. The molecule has 6 nitrogen and oxygen atoms in total. The fourth-order valence-corrected chi connectivity index (χ4v) is 2.65. The summed E-state index contributed by atoms with van der Waals surface area (Å²) < 4.78 is 11.7. The minimum Gasteiger partial charge on any atom is -0.451 e. The van der Waals surface area contributed by atoms with Crippen molar-refractivity contribution in [3.05, 3.63) is 35.5 Å². The third-order valence-electron chi connectivity index (χ3n) is 3.92. The normalized spacial score (nSPS) is 17.7. The SMILES string of the molecule is Cc1ncc(Oc2cc(C3CCCO3)ncc2C(C)C)c(N)n1. The van der Waals surface area contributed by atoms with Gasteiger partial charge in [-0.15, -0.1) is 0 Å². The molecule has 0 aliphatic carbocycles. The minimum absolute atomic E-state index is 0.0465. The van der Waals surface area contributed by atoms with E-state index in [0.717, 1.165) is 36.5 Å². The first-order chi connectivity index (χ1) is 11.0. The van der Waals surface area contributed by atoms with E-state index in [9.17, 15) is 0 Å². The average Bonchev–Trinajstić information content (AvgIpc) is 3.04. The van der Waals surface area contributed by atoms with Crippen LogP contribution in [0.25, 0.3) is 0 Å². The van der Waals surface area contributed by atoms with E-state index in [1.54, 1.807) is 13.1 Å². The van der Waals surface area contributed by atoms with E-state index in [1.807, 2.05) is 12.3 Å². The van der Waals surface area contributed by atoms with Crippen LogP contribution in [-0.2, 0) is 4.74 Å². The summed E-state index contributed by atoms with van der Waals surface area (Å²) in [6.45, 7) is 6.78. The number of anilines is 1. The second-order valence-corrected chi connectivity index (χ2v) is 6.07. The third kappa shape index (κ3) is 3.42. The zero-order valence-corrected chi connectivity index (χ0v) is 13.7. The van der Waals surface area contributed by atoms with Gasteiger partial charge in [-0.3, -0.25) is 4.98 Å². The molecule has 2 aromatic heterocycles. The van der Waals surface area contributed by atoms with Crippen LogP contribution in [0.4, 0.5) is 5.82 Å². The first-order valence-electron chi connectivity index (χ1n) is 7.93. The number of nitrogens with zero attached hydrogens (tertiary/aromatic N) is 3. The largest absolute Gasteiger partial charge is 0.451 e. The van der Waals surface area contributed by atoms with Crippen LogP contribution in [0.1, 0.15) is 55.8 Å². The molecule has 0 spiro atoms. The van der Waals surface area contributed by atoms with Crippen molar-refractivity contribution >= 4 is 5.82 Å². The van der Waals surface area contributed by atoms with Crippen molar-refractivity contribution in [2.75, 3.05) is 12.3 Å². The van der Waals surface area contributed by atoms with E-state index in [0.29, 0.717) is 17.4 Å². The maximum absolute atomic E-state index is 6.01. The van der Waals surface area contributed by atoms with Gasteiger partial charge in [-0.05, 0) is 25.7 Å². The molecule has 0 amide bonds. The Morgan fingerprint density at radius 1 is 1.26 bits per heavy atom. The average molecular weight is 314 g/mol. The van der Waals surface area contributed by atoms with Crippen molar-refractivity contribution in [3.63, 3.8) is 0 Å². The van der Waals surface area contributed by atoms with Crippen molar-refractivity contribution in [1.82, 2.24) is 15.0 Å². The van der Waals surface area contributed by atoms with Crippen LogP contribution in [0.5, 0.6) is 11.5 Å². The van der Waals surface area contributed by atoms with Gasteiger partial charge in [-0.1, -0.05) is 13.8 Å². The van der Waals surface area contributed by atoms with Crippen LogP contribution in [0.3, 0.4) is 0 Å². The van der Waals surface area contributed by atoms with Crippen molar-refractivity contribution < 1.29 is 9.47 Å². The number of nitrogen functional groups attached to an aromatic ring is 1. The van der Waals surface area contributed by atoms with Crippen LogP contribution in [0.15, 0.2) is 18.5 Å². The topological polar surface area (TPSA) is 83.2 Å². The third-order valence-corrected chi connectivity index (χ3v) is 3.92. The summed E-state index contributed by atoms with van der Waals surface area (Å²) in [6, 6.07) is 1.95. The second-order valence-electron chi connectivity index (χ2n) is 6.07. The van der Waals surface area contributed by atoms with Crippen molar-refractivity contribution in [3.8, 4) is 11.5 Å². The van der Waals surface area contributed by atoms with E-state index >= 15 is 0 Å². The summed E-state index contributed by atoms with van der Waals surface area (Å²) in [5, 5.41) is 0. The fraction of sp³-hybridized carbons (Fsp3) is 0.471. The molecule has 1 saturated heterocycles. The highest BCUT2D eigenvalue weighted by Crippen LogP contribution is 2.35. The number of nitrogens with two attached hydrogens (primary N) is 1. The lowest BCUT2D eigenvalue weighted by Crippen LogP contribution is -2.04. The Kier molecular flexibility index (Phi) is 4.43. The molecule has 0 bridgehead atoms. The number of hydrogen-bond donors (Lipinski definition) is 1. The molecular weight excluding hydrogens is 292 g/mol. The Hall–Kier alpha value is -2.21. The molecule has 2 N–H and O–H groups in total. The fourth-order valence-electron chi connectivity index (χ4n) is 2.65. The van der Waals surface area contributed by atoms with Gasteiger partial charge in [0.2, 0.25) is 0 Å². The molecule has 3 rings (SSSR count). The molecule has 1 atom stereocenters. The molecule has 1 fully saturated rings. The first-order valence-corrected chi connectivity index (χ1v) is 7.93. The van der Waals surface area contributed by atoms with Crippen LogP contribution in [0.2, 0.25) is 0 Å². The van der Waals surface area contributed by atoms with Gasteiger partial charge in [0.05, 0.1) is 18.0 Å². The van der Waals surface area contributed by atoms with Crippen LogP contribution in [-0.4, -0.2) is 21.6 Å². The molecule has 0 radical (unpaired) electrons. The van der Waals surface area contributed by atoms with Gasteiger partial charge in [0.1, 0.15) is 11.6 Å². The summed E-state index contributed by atoms with van der Waals surface area (Å²) in [4.78, 5) is 12.9. The highest BCUT2D eigenvalue weighted by atomic mass is 16.5. The van der Waals surface area contributed by atoms with Gasteiger partial charge in [0.25, 0.3) is 0 Å². The van der Waals surface area contributed by atoms with Gasteiger partial charge in [-0.2, -0.15) is 0 Å². The molecule has 122 valence electrons.